The highest BCUT2D eigenvalue weighted by Gasteiger charge is 2.21. The third-order valence-corrected chi connectivity index (χ3v) is 3.26. The molecule has 0 aromatic carbocycles. The Morgan fingerprint density at radius 1 is 1.56 bits per heavy atom. The summed E-state index contributed by atoms with van der Waals surface area (Å²) in [5.74, 6) is 1.84. The van der Waals surface area contributed by atoms with Crippen LogP contribution in [0, 0.1) is 0 Å². The Kier molecular flexibility index (Phi) is 3.76. The van der Waals surface area contributed by atoms with Crippen LogP contribution in [-0.4, -0.2) is 36.3 Å². The first kappa shape index (κ1) is 11.8. The van der Waals surface area contributed by atoms with Gasteiger partial charge in [0.1, 0.15) is 16.2 Å². The van der Waals surface area contributed by atoms with Gasteiger partial charge in [-0.1, -0.05) is 6.92 Å². The van der Waals surface area contributed by atoms with Crippen LogP contribution in [0.3, 0.4) is 0 Å². The van der Waals surface area contributed by atoms with Crippen molar-refractivity contribution in [2.75, 3.05) is 25.2 Å². The average molecular weight is 286 g/mol. The van der Waals surface area contributed by atoms with Crippen LogP contribution in [-0.2, 0) is 11.2 Å². The van der Waals surface area contributed by atoms with E-state index in [-0.39, 0.29) is 0 Å². The first-order chi connectivity index (χ1) is 7.70. The van der Waals surface area contributed by atoms with E-state index in [1.165, 1.54) is 0 Å². The Morgan fingerprint density at radius 2 is 2.38 bits per heavy atom. The average Bonchev–Trinajstić information content (AvgIpc) is 2.80. The second kappa shape index (κ2) is 5.10. The van der Waals surface area contributed by atoms with Crippen molar-refractivity contribution >= 4 is 21.7 Å². The van der Waals surface area contributed by atoms with Gasteiger partial charge in [0, 0.05) is 26.1 Å². The molecule has 88 valence electrons. The van der Waals surface area contributed by atoms with Crippen LogP contribution in [0.1, 0.15) is 19.2 Å². The number of aromatic nitrogens is 2. The minimum Gasteiger partial charge on any atom is -0.379 e. The van der Waals surface area contributed by atoms with Gasteiger partial charge in [-0.05, 0) is 22.4 Å². The lowest BCUT2D eigenvalue weighted by Crippen LogP contribution is -2.32. The molecule has 1 aromatic heterocycles. The molecule has 2 heterocycles. The summed E-state index contributed by atoms with van der Waals surface area (Å²) >= 11 is 3.42. The number of halogens is 1. The molecule has 1 unspecified atom stereocenters. The maximum atomic E-state index is 5.39. The smallest absolute Gasteiger partial charge is 0.133 e. The fourth-order valence-electron chi connectivity index (χ4n) is 1.80. The molecular formula is C11H16BrN3O. The summed E-state index contributed by atoms with van der Waals surface area (Å²) < 4.78 is 6.24. The summed E-state index contributed by atoms with van der Waals surface area (Å²) in [6.07, 6.45) is 1.92. The van der Waals surface area contributed by atoms with E-state index >= 15 is 0 Å². The van der Waals surface area contributed by atoms with Crippen molar-refractivity contribution in [2.24, 2.45) is 0 Å². The van der Waals surface area contributed by atoms with Crippen LogP contribution >= 0.6 is 15.9 Å². The van der Waals surface area contributed by atoms with E-state index < -0.39 is 0 Å². The van der Waals surface area contributed by atoms with Crippen LogP contribution in [0.25, 0.3) is 0 Å². The summed E-state index contributed by atoms with van der Waals surface area (Å²) in [6, 6.07) is 2.39. The number of hydrogen-bond acceptors (Lipinski definition) is 4. The lowest BCUT2D eigenvalue weighted by atomic mass is 10.2. The lowest BCUT2D eigenvalue weighted by Gasteiger charge is -2.24. The van der Waals surface area contributed by atoms with Gasteiger partial charge in [0.05, 0.1) is 12.6 Å². The monoisotopic (exact) mass is 285 g/mol. The van der Waals surface area contributed by atoms with Crippen molar-refractivity contribution in [3.63, 3.8) is 0 Å². The Labute approximate surface area is 104 Å². The zero-order valence-corrected chi connectivity index (χ0v) is 11.2. The SMILES string of the molecule is CCc1nc(Br)cc(N(C)C2CCOC2)n1. The highest BCUT2D eigenvalue weighted by molar-refractivity contribution is 9.10. The van der Waals surface area contributed by atoms with Crippen molar-refractivity contribution in [1.82, 2.24) is 9.97 Å². The maximum absolute atomic E-state index is 5.39. The first-order valence-corrected chi connectivity index (χ1v) is 6.34. The molecule has 2 rings (SSSR count). The van der Waals surface area contributed by atoms with E-state index in [2.05, 4.69) is 44.8 Å². The molecule has 1 saturated heterocycles. The molecule has 0 radical (unpaired) electrons. The van der Waals surface area contributed by atoms with Crippen molar-refractivity contribution in [3.05, 3.63) is 16.5 Å². The number of ether oxygens (including phenoxy) is 1. The fourth-order valence-corrected chi connectivity index (χ4v) is 2.21. The van der Waals surface area contributed by atoms with E-state index in [0.29, 0.717) is 6.04 Å². The fraction of sp³-hybridized carbons (Fsp3) is 0.636. The number of likely N-dealkylation sites (N-methyl/N-ethyl adjacent to an activating group) is 1. The topological polar surface area (TPSA) is 38.2 Å². The molecule has 0 saturated carbocycles. The Balaban J connectivity index is 2.21. The largest absolute Gasteiger partial charge is 0.379 e. The molecule has 0 spiro atoms. The third-order valence-electron chi connectivity index (χ3n) is 2.86. The Bertz CT molecular complexity index is 366. The first-order valence-electron chi connectivity index (χ1n) is 5.54. The number of rotatable bonds is 3. The second-order valence-corrected chi connectivity index (χ2v) is 4.76. The summed E-state index contributed by atoms with van der Waals surface area (Å²) in [7, 11) is 2.06. The third kappa shape index (κ3) is 2.52. The molecule has 0 aliphatic carbocycles. The minimum atomic E-state index is 0.437. The minimum absolute atomic E-state index is 0.437. The normalized spacial score (nSPS) is 20.1. The van der Waals surface area contributed by atoms with E-state index in [4.69, 9.17) is 4.74 Å². The number of nitrogens with zero attached hydrogens (tertiary/aromatic N) is 3. The molecule has 1 atom stereocenters. The van der Waals surface area contributed by atoms with Gasteiger partial charge in [0.25, 0.3) is 0 Å². The molecular weight excluding hydrogens is 270 g/mol. The predicted molar refractivity (Wildman–Crippen MR) is 66.7 cm³/mol. The van der Waals surface area contributed by atoms with Crippen LogP contribution in [0.5, 0.6) is 0 Å². The highest BCUT2D eigenvalue weighted by atomic mass is 79.9. The quantitative estimate of drug-likeness (QED) is 0.797. The van der Waals surface area contributed by atoms with E-state index in [0.717, 1.165) is 42.3 Å². The summed E-state index contributed by atoms with van der Waals surface area (Å²) in [5, 5.41) is 0. The summed E-state index contributed by atoms with van der Waals surface area (Å²) in [5.41, 5.74) is 0. The van der Waals surface area contributed by atoms with Crippen LogP contribution < -0.4 is 4.90 Å². The molecule has 1 aromatic rings. The van der Waals surface area contributed by atoms with Crippen LogP contribution in [0.15, 0.2) is 10.7 Å². The number of anilines is 1. The Morgan fingerprint density at radius 3 is 3.00 bits per heavy atom. The van der Waals surface area contributed by atoms with Gasteiger partial charge in [0.2, 0.25) is 0 Å². The maximum Gasteiger partial charge on any atom is 0.133 e. The molecule has 16 heavy (non-hydrogen) atoms. The van der Waals surface area contributed by atoms with E-state index in [1.807, 2.05) is 6.07 Å². The Hall–Kier alpha value is -0.680. The van der Waals surface area contributed by atoms with Gasteiger partial charge in [-0.3, -0.25) is 0 Å². The molecule has 1 aliphatic rings. The van der Waals surface area contributed by atoms with Gasteiger partial charge in [-0.2, -0.15) is 0 Å². The molecule has 0 N–H and O–H groups in total. The zero-order chi connectivity index (χ0) is 11.5. The molecule has 1 fully saturated rings. The number of hydrogen-bond donors (Lipinski definition) is 0. The van der Waals surface area contributed by atoms with Crippen molar-refractivity contribution in [1.29, 1.82) is 0 Å². The summed E-state index contributed by atoms with van der Waals surface area (Å²) in [4.78, 5) is 11.0. The molecule has 4 nitrogen and oxygen atoms in total. The van der Waals surface area contributed by atoms with Crippen molar-refractivity contribution in [3.8, 4) is 0 Å². The van der Waals surface area contributed by atoms with Crippen LogP contribution in [0.2, 0.25) is 0 Å². The number of aryl methyl sites for hydroxylation is 1. The van der Waals surface area contributed by atoms with Crippen molar-refractivity contribution < 1.29 is 4.74 Å². The second-order valence-electron chi connectivity index (χ2n) is 3.95. The van der Waals surface area contributed by atoms with Crippen molar-refractivity contribution in [2.45, 2.75) is 25.8 Å². The molecule has 5 heteroatoms. The van der Waals surface area contributed by atoms with Gasteiger partial charge >= 0.3 is 0 Å². The highest BCUT2D eigenvalue weighted by Crippen LogP contribution is 2.21. The lowest BCUT2D eigenvalue weighted by molar-refractivity contribution is 0.193. The molecule has 0 amide bonds. The van der Waals surface area contributed by atoms with E-state index in [9.17, 15) is 0 Å². The van der Waals surface area contributed by atoms with E-state index in [1.54, 1.807) is 0 Å². The van der Waals surface area contributed by atoms with Gasteiger partial charge < -0.3 is 9.64 Å². The standard InChI is InChI=1S/C11H16BrN3O/c1-3-10-13-9(12)6-11(14-10)15(2)8-4-5-16-7-8/h6,8H,3-5,7H2,1-2H3. The summed E-state index contributed by atoms with van der Waals surface area (Å²) in [6.45, 7) is 3.70. The molecule has 0 bridgehead atoms. The zero-order valence-electron chi connectivity index (χ0n) is 9.61. The predicted octanol–water partition coefficient (Wildman–Crippen LogP) is 2.03. The van der Waals surface area contributed by atoms with Crippen LogP contribution in [0.4, 0.5) is 5.82 Å². The molecule has 1 aliphatic heterocycles. The van der Waals surface area contributed by atoms with Gasteiger partial charge in [-0.25, -0.2) is 9.97 Å². The van der Waals surface area contributed by atoms with Gasteiger partial charge in [0.15, 0.2) is 0 Å². The van der Waals surface area contributed by atoms with Gasteiger partial charge in [-0.15, -0.1) is 0 Å².